The lowest BCUT2D eigenvalue weighted by Crippen LogP contribution is -1.99. The van der Waals surface area contributed by atoms with Gasteiger partial charge in [0.2, 0.25) is 0 Å². The van der Waals surface area contributed by atoms with Crippen LogP contribution < -0.4 is 0 Å². The summed E-state index contributed by atoms with van der Waals surface area (Å²) in [4.78, 5) is 0. The summed E-state index contributed by atoms with van der Waals surface area (Å²) >= 11 is 0. The Kier molecular flexibility index (Phi) is 4.90. The van der Waals surface area contributed by atoms with Gasteiger partial charge in [-0.15, -0.1) is 0 Å². The molecule has 0 aliphatic heterocycles. The Labute approximate surface area is 114 Å². The van der Waals surface area contributed by atoms with Crippen LogP contribution in [-0.4, -0.2) is 18.8 Å². The van der Waals surface area contributed by atoms with Gasteiger partial charge in [-0.1, -0.05) is 60.7 Å². The second kappa shape index (κ2) is 6.88. The monoisotopic (exact) mass is 254 g/mol. The van der Waals surface area contributed by atoms with Gasteiger partial charge >= 0.3 is 0 Å². The molecule has 1 unspecified atom stereocenters. The van der Waals surface area contributed by atoms with Gasteiger partial charge in [-0.25, -0.2) is 0 Å². The largest absolute Gasteiger partial charge is 0.384 e. The van der Waals surface area contributed by atoms with Crippen molar-refractivity contribution in [2.24, 2.45) is 0 Å². The van der Waals surface area contributed by atoms with Gasteiger partial charge in [0.15, 0.2) is 0 Å². The standard InChI is InChI=1S/C17H18O2/c1-19-13-16(14-8-4-2-5-9-14)12-17(18)15-10-6-3-7-11-15/h2-12,17-18H,13H2,1H3. The van der Waals surface area contributed by atoms with Crippen molar-refractivity contribution in [1.82, 2.24) is 0 Å². The zero-order valence-corrected chi connectivity index (χ0v) is 11.0. The third-order valence-corrected chi connectivity index (χ3v) is 2.94. The van der Waals surface area contributed by atoms with Crippen LogP contribution in [0.4, 0.5) is 0 Å². The van der Waals surface area contributed by atoms with Crippen molar-refractivity contribution in [2.75, 3.05) is 13.7 Å². The summed E-state index contributed by atoms with van der Waals surface area (Å²) in [5.74, 6) is 0. The smallest absolute Gasteiger partial charge is 0.0978 e. The second-order valence-electron chi connectivity index (χ2n) is 4.35. The van der Waals surface area contributed by atoms with Gasteiger partial charge in [0, 0.05) is 7.11 Å². The molecule has 2 aromatic carbocycles. The molecule has 0 amide bonds. The van der Waals surface area contributed by atoms with Crippen molar-refractivity contribution in [3.63, 3.8) is 0 Å². The average molecular weight is 254 g/mol. The molecule has 2 aromatic rings. The SMILES string of the molecule is COCC(=CC(O)c1ccccc1)c1ccccc1. The van der Waals surface area contributed by atoms with Gasteiger partial charge in [-0.2, -0.15) is 0 Å². The molecule has 0 bridgehead atoms. The molecule has 0 aliphatic rings. The van der Waals surface area contributed by atoms with E-state index in [4.69, 9.17) is 4.74 Å². The number of ether oxygens (including phenoxy) is 1. The molecule has 0 saturated carbocycles. The Hall–Kier alpha value is -1.90. The van der Waals surface area contributed by atoms with Crippen LogP contribution in [-0.2, 0) is 4.74 Å². The quantitative estimate of drug-likeness (QED) is 0.885. The molecule has 2 nitrogen and oxygen atoms in total. The predicted molar refractivity (Wildman–Crippen MR) is 77.7 cm³/mol. The van der Waals surface area contributed by atoms with Crippen molar-refractivity contribution in [3.05, 3.63) is 77.9 Å². The molecule has 2 heteroatoms. The fourth-order valence-corrected chi connectivity index (χ4v) is 1.97. The zero-order chi connectivity index (χ0) is 13.5. The molecule has 2 rings (SSSR count). The van der Waals surface area contributed by atoms with Crippen molar-refractivity contribution in [2.45, 2.75) is 6.10 Å². The summed E-state index contributed by atoms with van der Waals surface area (Å²) in [7, 11) is 1.66. The molecule has 1 N–H and O–H groups in total. The van der Waals surface area contributed by atoms with Crippen LogP contribution in [0.2, 0.25) is 0 Å². The zero-order valence-electron chi connectivity index (χ0n) is 11.0. The molecule has 0 aromatic heterocycles. The van der Waals surface area contributed by atoms with Crippen molar-refractivity contribution in [3.8, 4) is 0 Å². The Morgan fingerprint density at radius 1 is 1.05 bits per heavy atom. The maximum Gasteiger partial charge on any atom is 0.0978 e. The number of rotatable bonds is 5. The first kappa shape index (κ1) is 13.5. The Morgan fingerprint density at radius 3 is 2.21 bits per heavy atom. The van der Waals surface area contributed by atoms with E-state index in [0.29, 0.717) is 6.61 Å². The molecule has 0 heterocycles. The maximum atomic E-state index is 10.2. The number of aliphatic hydroxyl groups excluding tert-OH is 1. The summed E-state index contributed by atoms with van der Waals surface area (Å²) < 4.78 is 5.22. The second-order valence-corrected chi connectivity index (χ2v) is 4.35. The molecule has 0 spiro atoms. The maximum absolute atomic E-state index is 10.2. The fraction of sp³-hybridized carbons (Fsp3) is 0.176. The normalized spacial score (nSPS) is 13.3. The average Bonchev–Trinajstić information content (AvgIpc) is 2.48. The first-order chi connectivity index (χ1) is 9.31. The van der Waals surface area contributed by atoms with Gasteiger partial charge in [0.1, 0.15) is 0 Å². The number of hydrogen-bond donors (Lipinski definition) is 1. The summed E-state index contributed by atoms with van der Waals surface area (Å²) in [6, 6.07) is 19.6. The van der Waals surface area contributed by atoms with Crippen molar-refractivity contribution in [1.29, 1.82) is 0 Å². The summed E-state index contributed by atoms with van der Waals surface area (Å²) in [6.07, 6.45) is 1.22. The van der Waals surface area contributed by atoms with E-state index in [1.54, 1.807) is 7.11 Å². The molecule has 1 atom stereocenters. The van der Waals surface area contributed by atoms with Gasteiger partial charge in [-0.05, 0) is 22.8 Å². The molecule has 0 saturated heterocycles. The lowest BCUT2D eigenvalue weighted by molar-refractivity contribution is 0.222. The molecule has 98 valence electrons. The molecular weight excluding hydrogens is 236 g/mol. The van der Waals surface area contributed by atoms with E-state index >= 15 is 0 Å². The first-order valence-electron chi connectivity index (χ1n) is 6.29. The van der Waals surface area contributed by atoms with E-state index in [9.17, 15) is 5.11 Å². The predicted octanol–water partition coefficient (Wildman–Crippen LogP) is 3.45. The van der Waals surface area contributed by atoms with Gasteiger partial charge in [0.05, 0.1) is 12.7 Å². The van der Waals surface area contributed by atoms with Crippen molar-refractivity contribution >= 4 is 5.57 Å². The number of methoxy groups -OCH3 is 1. The van der Waals surface area contributed by atoms with Crippen LogP contribution in [0.1, 0.15) is 17.2 Å². The Balaban J connectivity index is 2.26. The van der Waals surface area contributed by atoms with Gasteiger partial charge in [0.25, 0.3) is 0 Å². The first-order valence-corrected chi connectivity index (χ1v) is 6.29. The lowest BCUT2D eigenvalue weighted by Gasteiger charge is -2.11. The number of benzene rings is 2. The highest BCUT2D eigenvalue weighted by Crippen LogP contribution is 2.21. The van der Waals surface area contributed by atoms with Crippen LogP contribution in [0, 0.1) is 0 Å². The van der Waals surface area contributed by atoms with Crippen LogP contribution >= 0.6 is 0 Å². The molecular formula is C17H18O2. The van der Waals surface area contributed by atoms with E-state index < -0.39 is 6.10 Å². The third kappa shape index (κ3) is 3.78. The molecule has 0 fully saturated rings. The van der Waals surface area contributed by atoms with Crippen LogP contribution in [0.3, 0.4) is 0 Å². The van der Waals surface area contributed by atoms with Crippen LogP contribution in [0.15, 0.2) is 66.7 Å². The van der Waals surface area contributed by atoms with Crippen molar-refractivity contribution < 1.29 is 9.84 Å². The minimum absolute atomic E-state index is 0.480. The highest BCUT2D eigenvalue weighted by molar-refractivity contribution is 5.67. The minimum Gasteiger partial charge on any atom is -0.384 e. The summed E-state index contributed by atoms with van der Waals surface area (Å²) in [6.45, 7) is 0.480. The fourth-order valence-electron chi connectivity index (χ4n) is 1.97. The summed E-state index contributed by atoms with van der Waals surface area (Å²) in [5.41, 5.74) is 2.94. The van der Waals surface area contributed by atoms with E-state index in [1.807, 2.05) is 66.7 Å². The lowest BCUT2D eigenvalue weighted by atomic mass is 10.0. The van der Waals surface area contributed by atoms with E-state index in [-0.39, 0.29) is 0 Å². The topological polar surface area (TPSA) is 29.5 Å². The number of hydrogen-bond acceptors (Lipinski definition) is 2. The molecule has 19 heavy (non-hydrogen) atoms. The van der Waals surface area contributed by atoms with E-state index in [0.717, 1.165) is 16.7 Å². The Morgan fingerprint density at radius 2 is 1.63 bits per heavy atom. The van der Waals surface area contributed by atoms with Gasteiger partial charge in [-0.3, -0.25) is 0 Å². The highest BCUT2D eigenvalue weighted by atomic mass is 16.5. The van der Waals surface area contributed by atoms with Crippen LogP contribution in [0.5, 0.6) is 0 Å². The molecule has 0 radical (unpaired) electrons. The van der Waals surface area contributed by atoms with Crippen LogP contribution in [0.25, 0.3) is 5.57 Å². The highest BCUT2D eigenvalue weighted by Gasteiger charge is 2.07. The summed E-state index contributed by atoms with van der Waals surface area (Å²) in [5, 5.41) is 10.2. The van der Waals surface area contributed by atoms with E-state index in [1.165, 1.54) is 0 Å². The van der Waals surface area contributed by atoms with E-state index in [2.05, 4.69) is 0 Å². The van der Waals surface area contributed by atoms with Gasteiger partial charge < -0.3 is 9.84 Å². The molecule has 0 aliphatic carbocycles. The minimum atomic E-state index is -0.619. The number of aliphatic hydroxyl groups is 1. The Bertz CT molecular complexity index is 517. The third-order valence-electron chi connectivity index (χ3n) is 2.94.